The second-order valence-electron chi connectivity index (χ2n) is 1.53. The minimum Gasteiger partial charge on any atom is -0.251 e. The minimum absolute atomic E-state index is 0.000000000000000222. The standard InChI is InChI=1S/C4H8N2O.C2H6/c1-3-5-4(2)7-6-3;1-2/h4H,1-2H3,(H,5,6);1-2H3. The number of nitrogens with one attached hydrogen (secondary N) is 1. The average Bonchev–Trinajstić information content (AvgIpc) is 2.20. The van der Waals surface area contributed by atoms with Crippen LogP contribution >= 0.6 is 0 Å². The van der Waals surface area contributed by atoms with Crippen molar-refractivity contribution in [1.29, 1.82) is 0 Å². The van der Waals surface area contributed by atoms with Crippen molar-refractivity contribution in [3.05, 3.63) is 0 Å². The first-order valence-electron chi connectivity index (χ1n) is 3.25. The molecule has 54 valence electrons. The van der Waals surface area contributed by atoms with Gasteiger partial charge >= 0.3 is 0 Å². The van der Waals surface area contributed by atoms with Crippen molar-refractivity contribution in [3.63, 3.8) is 0 Å². The topological polar surface area (TPSA) is 33.6 Å². The molecule has 0 radical (unpaired) electrons. The van der Waals surface area contributed by atoms with Gasteiger partial charge in [-0.2, -0.15) is 0 Å². The minimum atomic E-state index is -0.000000000000000222. The lowest BCUT2D eigenvalue weighted by molar-refractivity contribution is 0.0501. The van der Waals surface area contributed by atoms with Crippen LogP contribution in [0.15, 0.2) is 4.99 Å². The summed E-state index contributed by atoms with van der Waals surface area (Å²) in [5.74, 6) is 0.854. The zero-order valence-electron chi connectivity index (χ0n) is 6.43. The molecule has 0 spiro atoms. The Morgan fingerprint density at radius 3 is 2.22 bits per heavy atom. The SMILES string of the molecule is CC.CC1=NC(C)ON1. The molecule has 1 atom stereocenters. The van der Waals surface area contributed by atoms with Crippen LogP contribution in [-0.4, -0.2) is 12.1 Å². The summed E-state index contributed by atoms with van der Waals surface area (Å²) in [4.78, 5) is 8.78. The highest BCUT2D eigenvalue weighted by atomic mass is 16.7. The van der Waals surface area contributed by atoms with E-state index in [1.165, 1.54) is 0 Å². The summed E-state index contributed by atoms with van der Waals surface area (Å²) in [7, 11) is 0. The van der Waals surface area contributed by atoms with Gasteiger partial charge < -0.3 is 0 Å². The van der Waals surface area contributed by atoms with Crippen LogP contribution in [-0.2, 0) is 4.84 Å². The van der Waals surface area contributed by atoms with Crippen LogP contribution in [0.2, 0.25) is 0 Å². The van der Waals surface area contributed by atoms with E-state index in [-0.39, 0.29) is 6.23 Å². The Labute approximate surface area is 56.1 Å². The highest BCUT2D eigenvalue weighted by Crippen LogP contribution is 1.95. The van der Waals surface area contributed by atoms with E-state index in [9.17, 15) is 0 Å². The third-order valence-electron chi connectivity index (χ3n) is 0.753. The Morgan fingerprint density at radius 1 is 1.56 bits per heavy atom. The monoisotopic (exact) mass is 130 g/mol. The molecule has 1 rings (SSSR count). The fourth-order valence-electron chi connectivity index (χ4n) is 0.496. The number of hydrogen-bond acceptors (Lipinski definition) is 3. The molecule has 0 aromatic heterocycles. The summed E-state index contributed by atoms with van der Waals surface area (Å²) >= 11 is 0. The quantitative estimate of drug-likeness (QED) is 0.536. The van der Waals surface area contributed by atoms with E-state index >= 15 is 0 Å². The van der Waals surface area contributed by atoms with Gasteiger partial charge in [0.05, 0.1) is 0 Å². The largest absolute Gasteiger partial charge is 0.251 e. The van der Waals surface area contributed by atoms with E-state index in [2.05, 4.69) is 10.5 Å². The van der Waals surface area contributed by atoms with Crippen molar-refractivity contribution >= 4 is 5.84 Å². The van der Waals surface area contributed by atoms with Crippen LogP contribution in [0.1, 0.15) is 27.7 Å². The molecule has 0 fully saturated rings. The summed E-state index contributed by atoms with van der Waals surface area (Å²) < 4.78 is 0. The van der Waals surface area contributed by atoms with Crippen molar-refractivity contribution in [3.8, 4) is 0 Å². The van der Waals surface area contributed by atoms with E-state index in [4.69, 9.17) is 4.84 Å². The molecule has 1 aliphatic rings. The predicted molar refractivity (Wildman–Crippen MR) is 38.1 cm³/mol. The molecular formula is C6H14N2O. The lowest BCUT2D eigenvalue weighted by Crippen LogP contribution is -2.13. The molecule has 0 aromatic carbocycles. The van der Waals surface area contributed by atoms with Crippen LogP contribution in [0.25, 0.3) is 0 Å². The fraction of sp³-hybridized carbons (Fsp3) is 0.833. The Morgan fingerprint density at radius 2 is 2.11 bits per heavy atom. The second kappa shape index (κ2) is 4.32. The molecule has 9 heavy (non-hydrogen) atoms. The molecule has 1 heterocycles. The summed E-state index contributed by atoms with van der Waals surface area (Å²) in [5, 5.41) is 0. The van der Waals surface area contributed by atoms with E-state index in [0.29, 0.717) is 0 Å². The first kappa shape index (κ1) is 8.43. The third kappa shape index (κ3) is 3.08. The van der Waals surface area contributed by atoms with E-state index in [1.807, 2.05) is 27.7 Å². The molecule has 0 aromatic rings. The highest BCUT2D eigenvalue weighted by molar-refractivity contribution is 5.79. The number of amidine groups is 1. The van der Waals surface area contributed by atoms with Gasteiger partial charge in [-0.05, 0) is 13.8 Å². The lowest BCUT2D eigenvalue weighted by atomic mass is 10.6. The molecule has 0 saturated carbocycles. The molecular weight excluding hydrogens is 116 g/mol. The summed E-state index contributed by atoms with van der Waals surface area (Å²) in [6.07, 6.45) is -0.000000000000000222. The van der Waals surface area contributed by atoms with Crippen molar-refractivity contribution in [2.75, 3.05) is 0 Å². The van der Waals surface area contributed by atoms with Gasteiger partial charge in [0.25, 0.3) is 0 Å². The van der Waals surface area contributed by atoms with E-state index in [0.717, 1.165) is 5.84 Å². The summed E-state index contributed by atoms with van der Waals surface area (Å²) in [5.41, 5.74) is 2.62. The number of rotatable bonds is 0. The molecule has 1 N–H and O–H groups in total. The van der Waals surface area contributed by atoms with Gasteiger partial charge in [-0.1, -0.05) is 13.8 Å². The lowest BCUT2D eigenvalue weighted by Gasteiger charge is -1.93. The van der Waals surface area contributed by atoms with Gasteiger partial charge in [0.1, 0.15) is 5.84 Å². The third-order valence-corrected chi connectivity index (χ3v) is 0.753. The van der Waals surface area contributed by atoms with E-state index < -0.39 is 0 Å². The average molecular weight is 130 g/mol. The molecule has 1 unspecified atom stereocenters. The smallest absolute Gasteiger partial charge is 0.174 e. The van der Waals surface area contributed by atoms with Crippen molar-refractivity contribution in [1.82, 2.24) is 5.48 Å². The number of hydroxylamine groups is 1. The first-order chi connectivity index (χ1) is 4.29. The number of aliphatic imine (C=N–C) groups is 1. The normalized spacial score (nSPS) is 23.6. The number of nitrogens with zero attached hydrogens (tertiary/aromatic N) is 1. The van der Waals surface area contributed by atoms with Gasteiger partial charge in [-0.25, -0.2) is 9.83 Å². The maximum atomic E-state index is 4.81. The van der Waals surface area contributed by atoms with E-state index in [1.54, 1.807) is 0 Å². The highest BCUT2D eigenvalue weighted by Gasteiger charge is 2.06. The van der Waals surface area contributed by atoms with Gasteiger partial charge in [0.15, 0.2) is 6.23 Å². The van der Waals surface area contributed by atoms with Gasteiger partial charge in [0, 0.05) is 0 Å². The summed E-state index contributed by atoms with van der Waals surface area (Å²) in [6.45, 7) is 7.74. The Bertz CT molecular complexity index is 101. The van der Waals surface area contributed by atoms with Gasteiger partial charge in [-0.15, -0.1) is 0 Å². The molecule has 3 heteroatoms. The van der Waals surface area contributed by atoms with Crippen molar-refractivity contribution in [2.24, 2.45) is 4.99 Å². The van der Waals surface area contributed by atoms with Crippen molar-refractivity contribution < 1.29 is 4.84 Å². The van der Waals surface area contributed by atoms with Gasteiger partial charge in [-0.3, -0.25) is 5.48 Å². The zero-order chi connectivity index (χ0) is 7.28. The van der Waals surface area contributed by atoms with Crippen LogP contribution in [0.4, 0.5) is 0 Å². The van der Waals surface area contributed by atoms with Crippen LogP contribution in [0.3, 0.4) is 0 Å². The Balaban J connectivity index is 0.000000291. The second-order valence-corrected chi connectivity index (χ2v) is 1.53. The fourth-order valence-corrected chi connectivity index (χ4v) is 0.496. The van der Waals surface area contributed by atoms with Crippen molar-refractivity contribution in [2.45, 2.75) is 33.9 Å². The molecule has 0 bridgehead atoms. The molecule has 1 aliphatic heterocycles. The molecule has 0 saturated heterocycles. The molecule has 0 amide bonds. The predicted octanol–water partition coefficient (Wildman–Crippen LogP) is 1.31. The first-order valence-corrected chi connectivity index (χ1v) is 3.25. The van der Waals surface area contributed by atoms with Gasteiger partial charge in [0.2, 0.25) is 0 Å². The van der Waals surface area contributed by atoms with Crippen LogP contribution in [0, 0.1) is 0 Å². The maximum Gasteiger partial charge on any atom is 0.174 e. The Hall–Kier alpha value is -0.570. The van der Waals surface area contributed by atoms with Crippen LogP contribution in [0.5, 0.6) is 0 Å². The number of hydrogen-bond donors (Lipinski definition) is 1. The summed E-state index contributed by atoms with van der Waals surface area (Å²) in [6, 6.07) is 0. The molecule has 0 aliphatic carbocycles. The van der Waals surface area contributed by atoms with Crippen LogP contribution < -0.4 is 5.48 Å². The zero-order valence-corrected chi connectivity index (χ0v) is 6.43. The molecule has 3 nitrogen and oxygen atoms in total. The Kier molecular flexibility index (Phi) is 4.05. The maximum absolute atomic E-state index is 4.81.